The first-order valence-corrected chi connectivity index (χ1v) is 13.1. The molecular formula is C26H37F3N4O4. The van der Waals surface area contributed by atoms with Gasteiger partial charge in [-0.05, 0) is 63.3 Å². The molecule has 8 nitrogen and oxygen atoms in total. The van der Waals surface area contributed by atoms with Crippen LogP contribution in [0, 0.1) is 6.92 Å². The van der Waals surface area contributed by atoms with Crippen molar-refractivity contribution in [3.8, 4) is 0 Å². The van der Waals surface area contributed by atoms with Crippen molar-refractivity contribution >= 4 is 17.7 Å². The van der Waals surface area contributed by atoms with Crippen LogP contribution in [-0.2, 0) is 16.1 Å². The van der Waals surface area contributed by atoms with Crippen LogP contribution in [-0.4, -0.2) is 102 Å². The Labute approximate surface area is 215 Å². The number of alkyl halides is 3. The minimum absolute atomic E-state index is 0.293. The molecule has 1 amide bonds. The summed E-state index contributed by atoms with van der Waals surface area (Å²) in [4.78, 5) is 31.9. The van der Waals surface area contributed by atoms with Gasteiger partial charge >= 0.3 is 18.2 Å². The van der Waals surface area contributed by atoms with Crippen molar-refractivity contribution in [3.05, 3.63) is 29.3 Å². The number of halogens is 3. The summed E-state index contributed by atoms with van der Waals surface area (Å²) in [7, 11) is 0. The lowest BCUT2D eigenvalue weighted by molar-refractivity contribution is -0.200. The smallest absolute Gasteiger partial charge is 0.425 e. The summed E-state index contributed by atoms with van der Waals surface area (Å²) >= 11 is 0. The van der Waals surface area contributed by atoms with Gasteiger partial charge in [0.05, 0.1) is 0 Å². The fourth-order valence-corrected chi connectivity index (χ4v) is 5.65. The number of nitrogens with zero attached hydrogens (tertiary/aromatic N) is 4. The molecule has 1 aromatic rings. The number of carbonyl (C=O) groups is 2. The molecule has 2 atom stereocenters. The number of carboxylic acid groups (broad SMARTS) is 1. The number of amides is 1. The fourth-order valence-electron chi connectivity index (χ4n) is 5.65. The SMILES string of the molecule is Cc1ccc(CN2CCN(C(=O)OC(C)C(F)(F)F)CC2)c(N2CCC(N3CCCC3C(=O)O)CC2)c1. The highest BCUT2D eigenvalue weighted by molar-refractivity contribution is 5.74. The monoisotopic (exact) mass is 526 g/mol. The number of piperazine rings is 1. The highest BCUT2D eigenvalue weighted by Gasteiger charge is 2.40. The average molecular weight is 527 g/mol. The first-order chi connectivity index (χ1) is 17.5. The first kappa shape index (κ1) is 27.5. The lowest BCUT2D eigenvalue weighted by atomic mass is 9.99. The molecule has 2 unspecified atom stereocenters. The van der Waals surface area contributed by atoms with Gasteiger partial charge in [0, 0.05) is 57.5 Å². The molecule has 11 heteroatoms. The maximum atomic E-state index is 12.7. The third-order valence-electron chi connectivity index (χ3n) is 7.86. The van der Waals surface area contributed by atoms with Gasteiger partial charge in [0.25, 0.3) is 0 Å². The predicted molar refractivity (Wildman–Crippen MR) is 133 cm³/mol. The second-order valence-electron chi connectivity index (χ2n) is 10.4. The quantitative estimate of drug-likeness (QED) is 0.606. The van der Waals surface area contributed by atoms with E-state index in [0.717, 1.165) is 57.8 Å². The molecule has 3 aliphatic heterocycles. The maximum absolute atomic E-state index is 12.7. The molecule has 0 bridgehead atoms. The van der Waals surface area contributed by atoms with E-state index < -0.39 is 24.3 Å². The maximum Gasteiger partial charge on any atom is 0.425 e. The molecule has 37 heavy (non-hydrogen) atoms. The van der Waals surface area contributed by atoms with Crippen molar-refractivity contribution in [3.63, 3.8) is 0 Å². The predicted octanol–water partition coefficient (Wildman–Crippen LogP) is 3.72. The van der Waals surface area contributed by atoms with E-state index in [2.05, 4.69) is 44.6 Å². The number of anilines is 1. The van der Waals surface area contributed by atoms with E-state index >= 15 is 0 Å². The number of carboxylic acids is 1. The largest absolute Gasteiger partial charge is 0.480 e. The van der Waals surface area contributed by atoms with Crippen LogP contribution < -0.4 is 4.90 Å². The summed E-state index contributed by atoms with van der Waals surface area (Å²) in [6.45, 7) is 7.90. The van der Waals surface area contributed by atoms with Crippen molar-refractivity contribution in [2.75, 3.05) is 50.7 Å². The summed E-state index contributed by atoms with van der Waals surface area (Å²) in [6.07, 6.45) is -4.11. The van der Waals surface area contributed by atoms with Crippen molar-refractivity contribution in [1.82, 2.24) is 14.7 Å². The molecule has 0 saturated carbocycles. The van der Waals surface area contributed by atoms with Gasteiger partial charge < -0.3 is 19.6 Å². The van der Waals surface area contributed by atoms with E-state index in [1.807, 2.05) is 0 Å². The number of hydrogen-bond donors (Lipinski definition) is 1. The lowest BCUT2D eigenvalue weighted by Crippen LogP contribution is -2.50. The number of likely N-dealkylation sites (tertiary alicyclic amines) is 1. The van der Waals surface area contributed by atoms with E-state index in [0.29, 0.717) is 38.8 Å². The molecular weight excluding hydrogens is 489 g/mol. The molecule has 3 saturated heterocycles. The van der Waals surface area contributed by atoms with E-state index in [1.165, 1.54) is 16.2 Å². The molecule has 0 spiro atoms. The van der Waals surface area contributed by atoms with Crippen LogP contribution in [0.3, 0.4) is 0 Å². The average Bonchev–Trinajstić information content (AvgIpc) is 3.35. The van der Waals surface area contributed by atoms with Gasteiger partial charge in [0.15, 0.2) is 6.10 Å². The molecule has 3 heterocycles. The second-order valence-corrected chi connectivity index (χ2v) is 10.4. The molecule has 1 aromatic carbocycles. The zero-order valence-corrected chi connectivity index (χ0v) is 21.5. The summed E-state index contributed by atoms with van der Waals surface area (Å²) in [5, 5.41) is 9.55. The van der Waals surface area contributed by atoms with Crippen LogP contribution in [0.25, 0.3) is 0 Å². The number of carbonyl (C=O) groups excluding carboxylic acids is 1. The topological polar surface area (TPSA) is 76.6 Å². The summed E-state index contributed by atoms with van der Waals surface area (Å²) in [5.41, 5.74) is 3.52. The van der Waals surface area contributed by atoms with Crippen LogP contribution >= 0.6 is 0 Å². The highest BCUT2D eigenvalue weighted by atomic mass is 19.4. The Morgan fingerprint density at radius 1 is 1.05 bits per heavy atom. The van der Waals surface area contributed by atoms with Gasteiger partial charge in [-0.15, -0.1) is 0 Å². The minimum atomic E-state index is -4.57. The number of aliphatic carboxylic acids is 1. The molecule has 206 valence electrons. The molecule has 3 fully saturated rings. The summed E-state index contributed by atoms with van der Waals surface area (Å²) in [6, 6.07) is 6.33. The van der Waals surface area contributed by atoms with Gasteiger partial charge in [0.1, 0.15) is 6.04 Å². The van der Waals surface area contributed by atoms with Crippen molar-refractivity contribution < 1.29 is 32.6 Å². The molecule has 0 aliphatic carbocycles. The lowest BCUT2D eigenvalue weighted by Gasteiger charge is -2.40. The molecule has 4 rings (SSSR count). The van der Waals surface area contributed by atoms with Gasteiger partial charge in [-0.25, -0.2) is 4.79 Å². The standard InChI is InChI=1S/C26H37F3N4O4/c1-18-5-6-20(17-30-12-14-32(15-13-30)25(36)37-19(2)26(27,28)29)23(16-18)31-10-7-21(8-11-31)33-9-3-4-22(33)24(34)35/h5-6,16,19,21-22H,3-4,7-15,17H2,1-2H3,(H,34,35). The molecule has 1 N–H and O–H groups in total. The van der Waals surface area contributed by atoms with Crippen molar-refractivity contribution in [2.45, 2.75) is 70.4 Å². The van der Waals surface area contributed by atoms with E-state index in [-0.39, 0.29) is 6.04 Å². The van der Waals surface area contributed by atoms with Crippen LogP contribution in [0.4, 0.5) is 23.7 Å². The third-order valence-corrected chi connectivity index (χ3v) is 7.86. The number of rotatable bonds is 6. The van der Waals surface area contributed by atoms with Gasteiger partial charge in [-0.2, -0.15) is 13.2 Å². The second kappa shape index (κ2) is 11.5. The molecule has 0 aromatic heterocycles. The summed E-state index contributed by atoms with van der Waals surface area (Å²) < 4.78 is 42.7. The zero-order chi connectivity index (χ0) is 26.7. The number of hydrogen-bond acceptors (Lipinski definition) is 6. The number of ether oxygens (including phenoxy) is 1. The van der Waals surface area contributed by atoms with Crippen molar-refractivity contribution in [2.24, 2.45) is 0 Å². The minimum Gasteiger partial charge on any atom is -0.480 e. The molecule has 0 radical (unpaired) electrons. The van der Waals surface area contributed by atoms with Gasteiger partial charge in [-0.3, -0.25) is 14.6 Å². The Balaban J connectivity index is 1.33. The Bertz CT molecular complexity index is 960. The third kappa shape index (κ3) is 6.67. The normalized spacial score (nSPS) is 23.3. The van der Waals surface area contributed by atoms with Crippen LogP contribution in [0.2, 0.25) is 0 Å². The molecule has 3 aliphatic rings. The number of aryl methyl sites for hydroxylation is 1. The van der Waals surface area contributed by atoms with E-state index in [1.54, 1.807) is 0 Å². The summed E-state index contributed by atoms with van der Waals surface area (Å²) in [5.74, 6) is -0.718. The first-order valence-electron chi connectivity index (χ1n) is 13.1. The fraction of sp³-hybridized carbons (Fsp3) is 0.692. The van der Waals surface area contributed by atoms with Crippen LogP contribution in [0.15, 0.2) is 18.2 Å². The highest BCUT2D eigenvalue weighted by Crippen LogP contribution is 2.31. The number of piperidine rings is 1. The number of benzene rings is 1. The van der Waals surface area contributed by atoms with E-state index in [4.69, 9.17) is 0 Å². The van der Waals surface area contributed by atoms with E-state index in [9.17, 15) is 27.9 Å². The van der Waals surface area contributed by atoms with Crippen LogP contribution in [0.5, 0.6) is 0 Å². The van der Waals surface area contributed by atoms with Gasteiger partial charge in [0.2, 0.25) is 0 Å². The Morgan fingerprint density at radius 3 is 2.35 bits per heavy atom. The Kier molecular flexibility index (Phi) is 8.52. The van der Waals surface area contributed by atoms with Gasteiger partial charge in [-0.1, -0.05) is 12.1 Å². The Hall–Kier alpha value is -2.53. The zero-order valence-electron chi connectivity index (χ0n) is 21.5. The van der Waals surface area contributed by atoms with Crippen molar-refractivity contribution in [1.29, 1.82) is 0 Å². The Morgan fingerprint density at radius 2 is 1.73 bits per heavy atom. The van der Waals surface area contributed by atoms with Crippen LogP contribution in [0.1, 0.15) is 43.7 Å².